The number of ether oxygens (including phenoxy) is 4. The molecule has 0 saturated heterocycles. The number of benzene rings is 3. The third-order valence-corrected chi connectivity index (χ3v) is 5.46. The van der Waals surface area contributed by atoms with Crippen molar-refractivity contribution in [3.63, 3.8) is 0 Å². The molecule has 0 spiro atoms. The van der Waals surface area contributed by atoms with Crippen LogP contribution in [-0.4, -0.2) is 25.8 Å². The summed E-state index contributed by atoms with van der Waals surface area (Å²) in [5, 5.41) is 0.458. The van der Waals surface area contributed by atoms with E-state index in [4.69, 9.17) is 30.5 Å². The van der Waals surface area contributed by atoms with Crippen molar-refractivity contribution in [1.82, 2.24) is 0 Å². The number of halogens is 2. The third-order valence-electron chi connectivity index (χ3n) is 5.22. The van der Waals surface area contributed by atoms with Gasteiger partial charge >= 0.3 is 5.97 Å². The first kappa shape index (κ1) is 25.4. The molecule has 0 fully saturated rings. The van der Waals surface area contributed by atoms with Gasteiger partial charge in [-0.2, -0.15) is 0 Å². The summed E-state index contributed by atoms with van der Waals surface area (Å²) >= 11 is 6.11. The Balaban J connectivity index is 1.54. The number of rotatable bonds is 11. The van der Waals surface area contributed by atoms with Gasteiger partial charge < -0.3 is 18.9 Å². The Bertz CT molecular complexity index is 1120. The van der Waals surface area contributed by atoms with Crippen molar-refractivity contribution >= 4 is 17.6 Å². The van der Waals surface area contributed by atoms with E-state index in [0.717, 1.165) is 16.9 Å². The molecule has 3 rings (SSSR count). The lowest BCUT2D eigenvalue weighted by Crippen LogP contribution is -2.16. The van der Waals surface area contributed by atoms with E-state index in [1.807, 2.05) is 32.0 Å². The molecule has 34 heavy (non-hydrogen) atoms. The molecule has 0 amide bonds. The highest BCUT2D eigenvalue weighted by atomic mass is 35.5. The predicted molar refractivity (Wildman–Crippen MR) is 130 cm³/mol. The predicted octanol–water partition coefficient (Wildman–Crippen LogP) is 6.92. The molecule has 0 N–H and O–H groups in total. The molecule has 3 aromatic rings. The van der Waals surface area contributed by atoms with Crippen molar-refractivity contribution in [2.24, 2.45) is 0 Å². The molecule has 1 atom stereocenters. The Hall–Kier alpha value is -3.25. The van der Waals surface area contributed by atoms with E-state index >= 15 is 0 Å². The van der Waals surface area contributed by atoms with Crippen LogP contribution in [0.5, 0.6) is 23.0 Å². The van der Waals surface area contributed by atoms with Crippen LogP contribution in [0.1, 0.15) is 30.9 Å². The van der Waals surface area contributed by atoms with Gasteiger partial charge in [-0.3, -0.25) is 4.79 Å². The minimum Gasteiger partial charge on any atom is -0.493 e. The summed E-state index contributed by atoms with van der Waals surface area (Å²) in [7, 11) is 1.39. The second-order valence-electron chi connectivity index (χ2n) is 7.85. The van der Waals surface area contributed by atoms with E-state index in [1.165, 1.54) is 13.2 Å². The van der Waals surface area contributed by atoms with Crippen molar-refractivity contribution in [3.05, 3.63) is 82.6 Å². The molecule has 0 unspecified atom stereocenters. The lowest BCUT2D eigenvalue weighted by Gasteiger charge is -2.18. The number of carbonyl (C=O) groups excluding carboxylic acids is 1. The molecule has 0 saturated carbocycles. The molecular weight excluding hydrogens is 459 g/mol. The minimum atomic E-state index is -0.471. The van der Waals surface area contributed by atoms with Crippen molar-refractivity contribution in [1.29, 1.82) is 0 Å². The first-order valence-corrected chi connectivity index (χ1v) is 11.4. The van der Waals surface area contributed by atoms with Crippen LogP contribution >= 0.6 is 11.6 Å². The van der Waals surface area contributed by atoms with Crippen LogP contribution in [0.3, 0.4) is 0 Å². The van der Waals surface area contributed by atoms with Crippen LogP contribution in [0, 0.1) is 12.7 Å². The maximum Gasteiger partial charge on any atom is 0.305 e. The summed E-state index contributed by atoms with van der Waals surface area (Å²) in [4.78, 5) is 11.4. The summed E-state index contributed by atoms with van der Waals surface area (Å²) in [5.74, 6) is 0.949. The van der Waals surface area contributed by atoms with Crippen molar-refractivity contribution in [2.45, 2.75) is 39.2 Å². The van der Waals surface area contributed by atoms with E-state index in [-0.39, 0.29) is 17.8 Å². The number of methoxy groups -OCH3 is 1. The fourth-order valence-electron chi connectivity index (χ4n) is 3.30. The van der Waals surface area contributed by atoms with Crippen molar-refractivity contribution in [3.8, 4) is 23.0 Å². The second-order valence-corrected chi connectivity index (χ2v) is 8.29. The molecule has 0 aliphatic rings. The van der Waals surface area contributed by atoms with Gasteiger partial charge in [0.2, 0.25) is 0 Å². The molecule has 0 aliphatic carbocycles. The standard InChI is InChI=1S/C27H28ClFO5/c1-18-16-22(11-8-20(18)9-13-27(30)31-3)32-15-14-19(2)33-25-12-10-21(28)17-26(25)34-24-7-5-4-6-23(24)29/h4-8,10-12,16-17,19H,9,13-15H2,1-3H3/t19-/m0/s1. The lowest BCUT2D eigenvalue weighted by molar-refractivity contribution is -0.140. The minimum absolute atomic E-state index is 0.0935. The average Bonchev–Trinajstić information content (AvgIpc) is 2.81. The van der Waals surface area contributed by atoms with E-state index in [1.54, 1.807) is 36.4 Å². The monoisotopic (exact) mass is 486 g/mol. The summed E-state index contributed by atoms with van der Waals surface area (Å²) in [6.45, 7) is 4.36. The van der Waals surface area contributed by atoms with Crippen LogP contribution in [0.4, 0.5) is 4.39 Å². The Labute approximate surface area is 204 Å². The van der Waals surface area contributed by atoms with Crippen molar-refractivity contribution < 1.29 is 28.1 Å². The summed E-state index contributed by atoms with van der Waals surface area (Å²) < 4.78 is 36.3. The fourth-order valence-corrected chi connectivity index (χ4v) is 3.46. The van der Waals surface area contributed by atoms with E-state index in [9.17, 15) is 9.18 Å². The summed E-state index contributed by atoms with van der Waals surface area (Å²) in [5.41, 5.74) is 2.14. The normalized spacial score (nSPS) is 11.6. The number of hydrogen-bond donors (Lipinski definition) is 0. The highest BCUT2D eigenvalue weighted by Crippen LogP contribution is 2.35. The van der Waals surface area contributed by atoms with Crippen LogP contribution in [0.15, 0.2) is 60.7 Å². The van der Waals surface area contributed by atoms with Gasteiger partial charge in [0.05, 0.1) is 19.8 Å². The Morgan fingerprint density at radius 3 is 2.56 bits per heavy atom. The maximum atomic E-state index is 14.0. The van der Waals surface area contributed by atoms with Crippen LogP contribution in [-0.2, 0) is 16.0 Å². The van der Waals surface area contributed by atoms with Gasteiger partial charge in [-0.15, -0.1) is 0 Å². The zero-order chi connectivity index (χ0) is 24.5. The van der Waals surface area contributed by atoms with Gasteiger partial charge in [0.25, 0.3) is 0 Å². The van der Waals surface area contributed by atoms with Crippen LogP contribution < -0.4 is 14.2 Å². The Morgan fingerprint density at radius 1 is 1.03 bits per heavy atom. The highest BCUT2D eigenvalue weighted by Gasteiger charge is 2.14. The second kappa shape index (κ2) is 12.3. The third kappa shape index (κ3) is 7.39. The zero-order valence-electron chi connectivity index (χ0n) is 19.5. The van der Waals surface area contributed by atoms with Gasteiger partial charge in [-0.05, 0) is 67.8 Å². The number of para-hydroxylation sites is 1. The van der Waals surface area contributed by atoms with Crippen LogP contribution in [0.2, 0.25) is 5.02 Å². The molecule has 0 aromatic heterocycles. The summed E-state index contributed by atoms with van der Waals surface area (Å²) in [6.07, 6.45) is 1.40. The number of esters is 1. The summed E-state index contributed by atoms with van der Waals surface area (Å²) in [6, 6.07) is 17.0. The molecular formula is C27H28ClFO5. The van der Waals surface area contributed by atoms with E-state index in [2.05, 4.69) is 0 Å². The SMILES string of the molecule is COC(=O)CCc1ccc(OCC[C@H](C)Oc2ccc(Cl)cc2Oc2ccccc2F)cc1C. The number of carbonyl (C=O) groups is 1. The Kier molecular flexibility index (Phi) is 9.16. The highest BCUT2D eigenvalue weighted by molar-refractivity contribution is 6.30. The number of aryl methyl sites for hydroxylation is 2. The largest absolute Gasteiger partial charge is 0.493 e. The smallest absolute Gasteiger partial charge is 0.305 e. The van der Waals surface area contributed by atoms with Gasteiger partial charge in [0.1, 0.15) is 5.75 Å². The average molecular weight is 487 g/mol. The van der Waals surface area contributed by atoms with E-state index in [0.29, 0.717) is 42.4 Å². The maximum absolute atomic E-state index is 14.0. The molecule has 7 heteroatoms. The molecule has 3 aromatic carbocycles. The molecule has 0 radical (unpaired) electrons. The van der Waals surface area contributed by atoms with Gasteiger partial charge in [-0.1, -0.05) is 29.8 Å². The molecule has 5 nitrogen and oxygen atoms in total. The lowest BCUT2D eigenvalue weighted by atomic mass is 10.0. The molecule has 0 heterocycles. The molecule has 180 valence electrons. The van der Waals surface area contributed by atoms with Gasteiger partial charge in [0, 0.05) is 23.9 Å². The molecule has 0 aliphatic heterocycles. The van der Waals surface area contributed by atoms with Gasteiger partial charge in [-0.25, -0.2) is 4.39 Å². The van der Waals surface area contributed by atoms with Crippen LogP contribution in [0.25, 0.3) is 0 Å². The first-order valence-electron chi connectivity index (χ1n) is 11.0. The van der Waals surface area contributed by atoms with E-state index < -0.39 is 5.82 Å². The topological polar surface area (TPSA) is 54.0 Å². The Morgan fingerprint density at radius 2 is 1.82 bits per heavy atom. The zero-order valence-corrected chi connectivity index (χ0v) is 20.2. The fraction of sp³-hybridized carbons (Fsp3) is 0.296. The quantitative estimate of drug-likeness (QED) is 0.275. The van der Waals surface area contributed by atoms with Crippen molar-refractivity contribution in [2.75, 3.05) is 13.7 Å². The van der Waals surface area contributed by atoms with Gasteiger partial charge in [0.15, 0.2) is 23.1 Å². The number of hydrogen-bond acceptors (Lipinski definition) is 5. The first-order chi connectivity index (χ1) is 16.4. The molecule has 0 bridgehead atoms.